The van der Waals surface area contributed by atoms with Crippen LogP contribution in [0.5, 0.6) is 0 Å². The number of allylic oxidation sites excluding steroid dienone is 4. The normalized spacial score (nSPS) is 12.0. The molecule has 0 unspecified atom stereocenters. The molecule has 90 valence electrons. The maximum atomic E-state index is 11.5. The molecule has 0 aliphatic carbocycles. The molecule has 0 atom stereocenters. The van der Waals surface area contributed by atoms with Crippen LogP contribution in [0.2, 0.25) is 0 Å². The third-order valence-corrected chi connectivity index (χ3v) is 2.24. The number of methoxy groups -OCH3 is 2. The van der Waals surface area contributed by atoms with Crippen LogP contribution in [0.4, 0.5) is 0 Å². The molecule has 0 aromatic rings. The van der Waals surface area contributed by atoms with Crippen LogP contribution in [0.3, 0.4) is 0 Å². The van der Waals surface area contributed by atoms with Crippen molar-refractivity contribution in [2.45, 2.75) is 20.3 Å². The highest BCUT2D eigenvalue weighted by atomic mass is 16.5. The van der Waals surface area contributed by atoms with Gasteiger partial charge in [0.25, 0.3) is 0 Å². The SMILES string of the molecule is C/C=C\C=C/CC(C)(C(=O)OC)C(=O)OC. The van der Waals surface area contributed by atoms with Crippen LogP contribution >= 0.6 is 0 Å². The average Bonchev–Trinajstić information content (AvgIpc) is 2.32. The summed E-state index contributed by atoms with van der Waals surface area (Å²) in [6, 6.07) is 0. The summed E-state index contributed by atoms with van der Waals surface area (Å²) in [5.74, 6) is -1.19. The van der Waals surface area contributed by atoms with E-state index in [-0.39, 0.29) is 6.42 Å². The minimum atomic E-state index is -1.28. The Kier molecular flexibility index (Phi) is 6.15. The second-order valence-corrected chi connectivity index (χ2v) is 3.47. The van der Waals surface area contributed by atoms with Crippen molar-refractivity contribution in [2.24, 2.45) is 5.41 Å². The fourth-order valence-corrected chi connectivity index (χ4v) is 1.19. The molecule has 4 heteroatoms. The van der Waals surface area contributed by atoms with Gasteiger partial charge in [-0.05, 0) is 20.3 Å². The van der Waals surface area contributed by atoms with Gasteiger partial charge in [-0.25, -0.2) is 0 Å². The van der Waals surface area contributed by atoms with Crippen LogP contribution in [0.1, 0.15) is 20.3 Å². The summed E-state index contributed by atoms with van der Waals surface area (Å²) in [4.78, 5) is 23.0. The summed E-state index contributed by atoms with van der Waals surface area (Å²) in [7, 11) is 2.50. The van der Waals surface area contributed by atoms with Gasteiger partial charge in [-0.3, -0.25) is 9.59 Å². The number of ether oxygens (including phenoxy) is 2. The molecule has 0 aliphatic heterocycles. The number of rotatable bonds is 5. The molecule has 16 heavy (non-hydrogen) atoms. The summed E-state index contributed by atoms with van der Waals surface area (Å²) >= 11 is 0. The van der Waals surface area contributed by atoms with Gasteiger partial charge in [0.1, 0.15) is 0 Å². The third kappa shape index (κ3) is 3.53. The Balaban J connectivity index is 4.80. The lowest BCUT2D eigenvalue weighted by molar-refractivity contribution is -0.167. The molecule has 0 aromatic heterocycles. The minimum absolute atomic E-state index is 0.247. The van der Waals surface area contributed by atoms with Crippen molar-refractivity contribution in [1.82, 2.24) is 0 Å². The summed E-state index contributed by atoms with van der Waals surface area (Å²) in [6.45, 7) is 3.38. The van der Waals surface area contributed by atoms with E-state index in [2.05, 4.69) is 9.47 Å². The van der Waals surface area contributed by atoms with Crippen LogP contribution in [0.25, 0.3) is 0 Å². The molecule has 0 rings (SSSR count). The van der Waals surface area contributed by atoms with Gasteiger partial charge < -0.3 is 9.47 Å². The fourth-order valence-electron chi connectivity index (χ4n) is 1.19. The number of hydrogen-bond acceptors (Lipinski definition) is 4. The van der Waals surface area contributed by atoms with E-state index >= 15 is 0 Å². The van der Waals surface area contributed by atoms with Crippen molar-refractivity contribution in [3.63, 3.8) is 0 Å². The van der Waals surface area contributed by atoms with Crippen molar-refractivity contribution in [2.75, 3.05) is 14.2 Å². The second-order valence-electron chi connectivity index (χ2n) is 3.47. The highest BCUT2D eigenvalue weighted by molar-refractivity contribution is 5.99. The Hall–Kier alpha value is -1.58. The van der Waals surface area contributed by atoms with Crippen molar-refractivity contribution < 1.29 is 19.1 Å². The van der Waals surface area contributed by atoms with E-state index in [0.29, 0.717) is 0 Å². The van der Waals surface area contributed by atoms with Crippen molar-refractivity contribution >= 4 is 11.9 Å². The number of hydrogen-bond donors (Lipinski definition) is 0. The predicted molar refractivity (Wildman–Crippen MR) is 60.7 cm³/mol. The molecule has 0 radical (unpaired) electrons. The molecule has 0 aliphatic rings. The highest BCUT2D eigenvalue weighted by Gasteiger charge is 2.42. The Labute approximate surface area is 95.9 Å². The van der Waals surface area contributed by atoms with E-state index in [4.69, 9.17) is 0 Å². The maximum Gasteiger partial charge on any atom is 0.323 e. The van der Waals surface area contributed by atoms with Crippen molar-refractivity contribution in [3.05, 3.63) is 24.3 Å². The van der Waals surface area contributed by atoms with E-state index in [1.54, 1.807) is 12.2 Å². The summed E-state index contributed by atoms with van der Waals surface area (Å²) in [5, 5.41) is 0. The quantitative estimate of drug-likeness (QED) is 0.408. The standard InChI is InChI=1S/C12H18O4/c1-5-6-7-8-9-12(2,10(13)15-3)11(14)16-4/h5-8H,9H2,1-4H3/b6-5-,8-7-. The van der Waals surface area contributed by atoms with Gasteiger partial charge in [-0.2, -0.15) is 0 Å². The zero-order valence-electron chi connectivity index (χ0n) is 10.1. The highest BCUT2D eigenvalue weighted by Crippen LogP contribution is 2.25. The molecule has 0 heterocycles. The molecular formula is C12H18O4. The first-order chi connectivity index (χ1) is 7.52. The lowest BCUT2D eigenvalue weighted by Gasteiger charge is -2.21. The van der Waals surface area contributed by atoms with Gasteiger partial charge >= 0.3 is 11.9 Å². The first kappa shape index (κ1) is 14.4. The van der Waals surface area contributed by atoms with E-state index in [9.17, 15) is 9.59 Å². The first-order valence-corrected chi connectivity index (χ1v) is 4.97. The van der Waals surface area contributed by atoms with Crippen LogP contribution < -0.4 is 0 Å². The fraction of sp³-hybridized carbons (Fsp3) is 0.500. The van der Waals surface area contributed by atoms with Crippen LogP contribution in [0, 0.1) is 5.41 Å². The van der Waals surface area contributed by atoms with E-state index < -0.39 is 17.4 Å². The molecular weight excluding hydrogens is 208 g/mol. The van der Waals surface area contributed by atoms with E-state index in [1.807, 2.05) is 19.1 Å². The van der Waals surface area contributed by atoms with Crippen LogP contribution in [-0.2, 0) is 19.1 Å². The molecule has 0 amide bonds. The van der Waals surface area contributed by atoms with Gasteiger partial charge in [-0.1, -0.05) is 24.3 Å². The Morgan fingerprint density at radius 2 is 1.62 bits per heavy atom. The van der Waals surface area contributed by atoms with E-state index in [1.165, 1.54) is 21.1 Å². The lowest BCUT2D eigenvalue weighted by Crippen LogP contribution is -2.38. The summed E-state index contributed by atoms with van der Waals surface area (Å²) < 4.78 is 9.21. The monoisotopic (exact) mass is 226 g/mol. The summed E-state index contributed by atoms with van der Waals surface area (Å²) in [6.07, 6.45) is 7.41. The van der Waals surface area contributed by atoms with Gasteiger partial charge in [0, 0.05) is 0 Å². The lowest BCUT2D eigenvalue weighted by atomic mass is 9.86. The molecule has 0 spiro atoms. The second kappa shape index (κ2) is 6.82. The number of carbonyl (C=O) groups excluding carboxylic acids is 2. The van der Waals surface area contributed by atoms with Crippen molar-refractivity contribution in [1.29, 1.82) is 0 Å². The molecule has 0 bridgehead atoms. The van der Waals surface area contributed by atoms with Crippen LogP contribution in [0.15, 0.2) is 24.3 Å². The van der Waals surface area contributed by atoms with Gasteiger partial charge in [-0.15, -0.1) is 0 Å². The third-order valence-electron chi connectivity index (χ3n) is 2.24. The van der Waals surface area contributed by atoms with Gasteiger partial charge in [0.05, 0.1) is 14.2 Å². The number of carbonyl (C=O) groups is 2. The Morgan fingerprint density at radius 3 is 2.00 bits per heavy atom. The smallest absolute Gasteiger partial charge is 0.323 e. The van der Waals surface area contributed by atoms with E-state index in [0.717, 1.165) is 0 Å². The maximum absolute atomic E-state index is 11.5. The molecule has 4 nitrogen and oxygen atoms in total. The van der Waals surface area contributed by atoms with Crippen LogP contribution in [-0.4, -0.2) is 26.2 Å². The predicted octanol–water partition coefficient (Wildman–Crippen LogP) is 1.86. The Morgan fingerprint density at radius 1 is 1.12 bits per heavy atom. The topological polar surface area (TPSA) is 52.6 Å². The molecule has 0 aromatic carbocycles. The number of esters is 2. The average molecular weight is 226 g/mol. The van der Waals surface area contributed by atoms with Crippen molar-refractivity contribution in [3.8, 4) is 0 Å². The first-order valence-electron chi connectivity index (χ1n) is 4.97. The summed E-state index contributed by atoms with van der Waals surface area (Å²) in [5.41, 5.74) is -1.28. The Bertz CT molecular complexity index is 286. The van der Waals surface area contributed by atoms with Gasteiger partial charge in [0.15, 0.2) is 5.41 Å². The molecule has 0 fully saturated rings. The largest absolute Gasteiger partial charge is 0.468 e. The zero-order valence-corrected chi connectivity index (χ0v) is 10.1. The molecule has 0 N–H and O–H groups in total. The minimum Gasteiger partial charge on any atom is -0.468 e. The van der Waals surface area contributed by atoms with Gasteiger partial charge in [0.2, 0.25) is 0 Å². The zero-order chi connectivity index (χ0) is 12.6. The molecule has 0 saturated heterocycles. The molecule has 0 saturated carbocycles.